The average molecular weight is 361 g/mol. The molecule has 8 heteroatoms. The van der Waals surface area contributed by atoms with E-state index in [2.05, 4.69) is 29.4 Å². The van der Waals surface area contributed by atoms with Crippen LogP contribution in [0.5, 0.6) is 0 Å². The van der Waals surface area contributed by atoms with Crippen molar-refractivity contribution in [3.63, 3.8) is 0 Å². The average Bonchev–Trinajstić information content (AvgIpc) is 2.48. The monoisotopic (exact) mass is 360 g/mol. The highest BCUT2D eigenvalue weighted by Gasteiger charge is 2.27. The fourth-order valence-corrected chi connectivity index (χ4v) is 4.46. The van der Waals surface area contributed by atoms with Crippen LogP contribution in [0.15, 0.2) is 0 Å². The molecule has 2 saturated heterocycles. The Kier molecular flexibility index (Phi) is 6.88. The number of piperidine rings is 2. The molecule has 2 aliphatic heterocycles. The van der Waals surface area contributed by atoms with Gasteiger partial charge in [-0.25, -0.2) is 17.5 Å². The van der Waals surface area contributed by atoms with Gasteiger partial charge in [0.1, 0.15) is 0 Å². The third-order valence-corrected chi connectivity index (χ3v) is 6.00. The van der Waals surface area contributed by atoms with Crippen molar-refractivity contribution >= 4 is 16.1 Å². The molecule has 0 aliphatic carbocycles. The summed E-state index contributed by atoms with van der Waals surface area (Å²) in [6.07, 6.45) is 4.78. The maximum Gasteiger partial charge on any atom is 0.315 e. The SMILES string of the molecule is CC(C)CN1CCC(NC(=O)NC2CCCN(S(C)(=O)=O)C2)CC1. The van der Waals surface area contributed by atoms with Crippen molar-refractivity contribution in [2.45, 2.75) is 51.6 Å². The topological polar surface area (TPSA) is 81.8 Å². The van der Waals surface area contributed by atoms with E-state index < -0.39 is 10.0 Å². The third-order valence-electron chi connectivity index (χ3n) is 4.73. The molecule has 2 fully saturated rings. The van der Waals surface area contributed by atoms with Crippen molar-refractivity contribution in [2.24, 2.45) is 5.92 Å². The van der Waals surface area contributed by atoms with Gasteiger partial charge in [0, 0.05) is 44.8 Å². The van der Waals surface area contributed by atoms with Gasteiger partial charge in [0.05, 0.1) is 6.26 Å². The molecule has 140 valence electrons. The number of carbonyl (C=O) groups is 1. The Morgan fingerprint density at radius 1 is 1.08 bits per heavy atom. The summed E-state index contributed by atoms with van der Waals surface area (Å²) >= 11 is 0. The van der Waals surface area contributed by atoms with Crippen LogP contribution in [-0.2, 0) is 10.0 Å². The summed E-state index contributed by atoms with van der Waals surface area (Å²) in [4.78, 5) is 14.6. The molecule has 0 saturated carbocycles. The van der Waals surface area contributed by atoms with E-state index in [1.165, 1.54) is 10.6 Å². The molecule has 2 heterocycles. The first-order valence-corrected chi connectivity index (χ1v) is 10.8. The lowest BCUT2D eigenvalue weighted by Crippen LogP contribution is -2.54. The number of likely N-dealkylation sites (tertiary alicyclic amines) is 1. The van der Waals surface area contributed by atoms with Crippen LogP contribution in [0.3, 0.4) is 0 Å². The summed E-state index contributed by atoms with van der Waals surface area (Å²) in [5.41, 5.74) is 0. The van der Waals surface area contributed by atoms with Gasteiger partial charge in [-0.2, -0.15) is 0 Å². The fraction of sp³-hybridized carbons (Fsp3) is 0.938. The molecule has 24 heavy (non-hydrogen) atoms. The van der Waals surface area contributed by atoms with Crippen LogP contribution in [0.1, 0.15) is 39.5 Å². The second kappa shape index (κ2) is 8.49. The Morgan fingerprint density at radius 2 is 1.71 bits per heavy atom. The Bertz CT molecular complexity index is 515. The van der Waals surface area contributed by atoms with Gasteiger partial charge in [0.25, 0.3) is 0 Å². The Hall–Kier alpha value is -0.860. The lowest BCUT2D eigenvalue weighted by atomic mass is 10.0. The fourth-order valence-electron chi connectivity index (χ4n) is 3.55. The number of urea groups is 1. The molecule has 0 aromatic carbocycles. The van der Waals surface area contributed by atoms with Gasteiger partial charge < -0.3 is 15.5 Å². The Balaban J connectivity index is 1.72. The van der Waals surface area contributed by atoms with Crippen molar-refractivity contribution in [3.8, 4) is 0 Å². The van der Waals surface area contributed by atoms with Gasteiger partial charge in [-0.05, 0) is 31.6 Å². The molecular weight excluding hydrogens is 328 g/mol. The maximum atomic E-state index is 12.2. The van der Waals surface area contributed by atoms with E-state index in [4.69, 9.17) is 0 Å². The highest BCUT2D eigenvalue weighted by molar-refractivity contribution is 7.88. The smallest absolute Gasteiger partial charge is 0.315 e. The predicted molar refractivity (Wildman–Crippen MR) is 95.4 cm³/mol. The molecule has 2 amide bonds. The van der Waals surface area contributed by atoms with E-state index in [1.54, 1.807) is 0 Å². The Labute approximate surface area is 146 Å². The molecular formula is C16H32N4O3S. The summed E-state index contributed by atoms with van der Waals surface area (Å²) < 4.78 is 24.7. The molecule has 0 radical (unpaired) electrons. The zero-order chi connectivity index (χ0) is 17.7. The van der Waals surface area contributed by atoms with Crippen molar-refractivity contribution < 1.29 is 13.2 Å². The summed E-state index contributed by atoms with van der Waals surface area (Å²) in [6, 6.07) is -0.0600. The molecule has 1 unspecified atom stereocenters. The lowest BCUT2D eigenvalue weighted by Gasteiger charge is -2.34. The van der Waals surface area contributed by atoms with Gasteiger partial charge in [-0.3, -0.25) is 0 Å². The molecule has 0 aromatic rings. The van der Waals surface area contributed by atoms with Crippen LogP contribution in [0.4, 0.5) is 4.79 Å². The summed E-state index contributed by atoms with van der Waals surface area (Å²) in [6.45, 7) is 8.53. The van der Waals surface area contributed by atoms with Gasteiger partial charge >= 0.3 is 6.03 Å². The maximum absolute atomic E-state index is 12.2. The van der Waals surface area contributed by atoms with Gasteiger partial charge in [-0.15, -0.1) is 0 Å². The number of hydrogen-bond donors (Lipinski definition) is 2. The standard InChI is InChI=1S/C16H32N4O3S/c1-13(2)11-19-9-6-14(7-10-19)17-16(21)18-15-5-4-8-20(12-15)24(3,22)23/h13-15H,4-12H2,1-3H3,(H2,17,18,21). The van der Waals surface area contributed by atoms with Crippen molar-refractivity contribution in [1.82, 2.24) is 19.8 Å². The predicted octanol–water partition coefficient (Wildman–Crippen LogP) is 0.830. The minimum absolute atomic E-state index is 0.102. The first-order valence-electron chi connectivity index (χ1n) is 8.98. The largest absolute Gasteiger partial charge is 0.335 e. The highest BCUT2D eigenvalue weighted by Crippen LogP contribution is 2.14. The first-order chi connectivity index (χ1) is 11.2. The molecule has 7 nitrogen and oxygen atoms in total. The molecule has 0 spiro atoms. The molecule has 2 aliphatic rings. The number of nitrogens with one attached hydrogen (secondary N) is 2. The third kappa shape index (κ3) is 6.22. The van der Waals surface area contributed by atoms with Gasteiger partial charge in [0.15, 0.2) is 0 Å². The van der Waals surface area contributed by atoms with E-state index in [9.17, 15) is 13.2 Å². The number of hydrogen-bond acceptors (Lipinski definition) is 4. The quantitative estimate of drug-likeness (QED) is 0.761. The van der Waals surface area contributed by atoms with Gasteiger partial charge in [0.2, 0.25) is 10.0 Å². The number of nitrogens with zero attached hydrogens (tertiary/aromatic N) is 2. The first kappa shape index (κ1) is 19.5. The van der Waals surface area contributed by atoms with E-state index >= 15 is 0 Å². The molecule has 2 rings (SSSR count). The molecule has 0 aromatic heterocycles. The van der Waals surface area contributed by atoms with Crippen LogP contribution < -0.4 is 10.6 Å². The molecule has 2 N–H and O–H groups in total. The minimum atomic E-state index is -3.18. The number of amides is 2. The summed E-state index contributed by atoms with van der Waals surface area (Å²) in [5, 5.41) is 5.99. The van der Waals surface area contributed by atoms with Crippen LogP contribution in [0, 0.1) is 5.92 Å². The zero-order valence-electron chi connectivity index (χ0n) is 15.1. The Morgan fingerprint density at radius 3 is 2.29 bits per heavy atom. The zero-order valence-corrected chi connectivity index (χ0v) is 15.9. The van der Waals surface area contributed by atoms with Crippen LogP contribution in [-0.4, -0.2) is 74.7 Å². The van der Waals surface area contributed by atoms with E-state index in [0.717, 1.165) is 45.3 Å². The second-order valence-electron chi connectivity index (χ2n) is 7.55. The van der Waals surface area contributed by atoms with E-state index in [0.29, 0.717) is 19.0 Å². The van der Waals surface area contributed by atoms with E-state index in [-0.39, 0.29) is 18.1 Å². The minimum Gasteiger partial charge on any atom is -0.335 e. The summed E-state index contributed by atoms with van der Waals surface area (Å²) in [5.74, 6) is 0.668. The normalized spacial score (nSPS) is 24.9. The lowest BCUT2D eigenvalue weighted by molar-refractivity contribution is 0.175. The van der Waals surface area contributed by atoms with Crippen molar-refractivity contribution in [3.05, 3.63) is 0 Å². The number of rotatable bonds is 5. The second-order valence-corrected chi connectivity index (χ2v) is 9.53. The number of sulfonamides is 1. The van der Waals surface area contributed by atoms with Crippen molar-refractivity contribution in [2.75, 3.05) is 39.0 Å². The molecule has 0 bridgehead atoms. The van der Waals surface area contributed by atoms with Crippen LogP contribution in [0.2, 0.25) is 0 Å². The van der Waals surface area contributed by atoms with Crippen LogP contribution >= 0.6 is 0 Å². The number of carbonyl (C=O) groups excluding carboxylic acids is 1. The summed E-state index contributed by atoms with van der Waals surface area (Å²) in [7, 11) is -3.18. The van der Waals surface area contributed by atoms with Crippen LogP contribution in [0.25, 0.3) is 0 Å². The van der Waals surface area contributed by atoms with E-state index in [1.807, 2.05) is 0 Å². The highest BCUT2D eigenvalue weighted by atomic mass is 32.2. The van der Waals surface area contributed by atoms with Gasteiger partial charge in [-0.1, -0.05) is 13.8 Å². The van der Waals surface area contributed by atoms with Crippen molar-refractivity contribution in [1.29, 1.82) is 0 Å². The molecule has 1 atom stereocenters.